The molecule has 1 N–H and O–H groups in total. The van der Waals surface area contributed by atoms with Crippen LogP contribution >= 0.6 is 0 Å². The van der Waals surface area contributed by atoms with Gasteiger partial charge in [0.05, 0.1) is 6.33 Å². The summed E-state index contributed by atoms with van der Waals surface area (Å²) in [6, 6.07) is 3.54. The Morgan fingerprint density at radius 1 is 1.19 bits per heavy atom. The number of hydrogen-bond acceptors (Lipinski definition) is 4. The Labute approximate surface area is 153 Å². The highest BCUT2D eigenvalue weighted by atomic mass is 16.2. The van der Waals surface area contributed by atoms with Gasteiger partial charge in [-0.3, -0.25) is 14.6 Å². The maximum Gasteiger partial charge on any atom is 0.253 e. The van der Waals surface area contributed by atoms with Crippen LogP contribution in [0.3, 0.4) is 0 Å². The number of nitrogens with zero attached hydrogens (tertiary/aromatic N) is 4. The normalized spacial score (nSPS) is 16.3. The highest BCUT2D eigenvalue weighted by Crippen LogP contribution is 2.19. The van der Waals surface area contributed by atoms with Gasteiger partial charge in [0.1, 0.15) is 0 Å². The van der Waals surface area contributed by atoms with Crippen LogP contribution in [0.4, 0.5) is 0 Å². The SMILES string of the molecule is CCC(Cn1ccnc1)NC(=O)C1CCN(C(=O)c2ccncc2)CC1. The number of rotatable bonds is 6. The van der Waals surface area contributed by atoms with Crippen molar-refractivity contribution in [2.24, 2.45) is 5.92 Å². The van der Waals surface area contributed by atoms with E-state index in [9.17, 15) is 9.59 Å². The standard InChI is InChI=1S/C19H25N5O2/c1-2-17(13-23-12-9-21-14-23)22-18(25)15-5-10-24(11-6-15)19(26)16-3-7-20-8-4-16/h3-4,7-9,12,14-15,17H,2,5-6,10-11,13H2,1H3,(H,22,25). The number of imidazole rings is 1. The summed E-state index contributed by atoms with van der Waals surface area (Å²) in [5.41, 5.74) is 0.647. The van der Waals surface area contributed by atoms with Crippen molar-refractivity contribution in [1.82, 2.24) is 24.8 Å². The number of carbonyl (C=O) groups excluding carboxylic acids is 2. The molecule has 1 atom stereocenters. The molecule has 0 bridgehead atoms. The van der Waals surface area contributed by atoms with Gasteiger partial charge in [0, 0.05) is 61.9 Å². The first-order chi connectivity index (χ1) is 12.7. The first-order valence-corrected chi connectivity index (χ1v) is 9.12. The largest absolute Gasteiger partial charge is 0.351 e. The molecule has 1 aliphatic rings. The quantitative estimate of drug-likeness (QED) is 0.856. The van der Waals surface area contributed by atoms with E-state index in [0.717, 1.165) is 13.0 Å². The van der Waals surface area contributed by atoms with Crippen LogP contribution < -0.4 is 5.32 Å². The minimum atomic E-state index is -0.0340. The number of amides is 2. The van der Waals surface area contributed by atoms with Gasteiger partial charge < -0.3 is 14.8 Å². The molecule has 0 aliphatic carbocycles. The molecule has 0 radical (unpaired) electrons. The molecule has 7 heteroatoms. The Balaban J connectivity index is 1.49. The number of pyridine rings is 1. The Morgan fingerprint density at radius 2 is 1.92 bits per heavy atom. The van der Waals surface area contributed by atoms with Crippen molar-refractivity contribution in [2.45, 2.75) is 38.8 Å². The lowest BCUT2D eigenvalue weighted by Crippen LogP contribution is -2.46. The van der Waals surface area contributed by atoms with Crippen LogP contribution in [0.25, 0.3) is 0 Å². The molecule has 7 nitrogen and oxygen atoms in total. The molecule has 138 valence electrons. The van der Waals surface area contributed by atoms with Crippen molar-refractivity contribution in [3.05, 3.63) is 48.8 Å². The molecule has 2 amide bonds. The van der Waals surface area contributed by atoms with Gasteiger partial charge in [-0.2, -0.15) is 0 Å². The maximum absolute atomic E-state index is 12.6. The summed E-state index contributed by atoms with van der Waals surface area (Å²) in [7, 11) is 0. The Kier molecular flexibility index (Phi) is 5.99. The first kappa shape index (κ1) is 18.1. The predicted molar refractivity (Wildman–Crippen MR) is 97.3 cm³/mol. The smallest absolute Gasteiger partial charge is 0.253 e. The maximum atomic E-state index is 12.6. The molecular weight excluding hydrogens is 330 g/mol. The summed E-state index contributed by atoms with van der Waals surface area (Å²) >= 11 is 0. The number of carbonyl (C=O) groups is 2. The third-order valence-corrected chi connectivity index (χ3v) is 4.91. The first-order valence-electron chi connectivity index (χ1n) is 9.12. The summed E-state index contributed by atoms with van der Waals surface area (Å²) < 4.78 is 1.98. The second-order valence-electron chi connectivity index (χ2n) is 6.68. The molecule has 2 aromatic heterocycles. The van der Waals surface area contributed by atoms with E-state index in [2.05, 4.69) is 22.2 Å². The molecule has 0 spiro atoms. The van der Waals surface area contributed by atoms with Crippen LogP contribution in [-0.2, 0) is 11.3 Å². The Hall–Kier alpha value is -2.70. The third-order valence-electron chi connectivity index (χ3n) is 4.91. The molecule has 2 aromatic rings. The van der Waals surface area contributed by atoms with E-state index in [4.69, 9.17) is 0 Å². The Morgan fingerprint density at radius 3 is 2.54 bits per heavy atom. The van der Waals surface area contributed by atoms with Gasteiger partial charge in [0.25, 0.3) is 5.91 Å². The highest BCUT2D eigenvalue weighted by molar-refractivity contribution is 5.94. The molecule has 1 saturated heterocycles. The highest BCUT2D eigenvalue weighted by Gasteiger charge is 2.28. The minimum Gasteiger partial charge on any atom is -0.351 e. The lowest BCUT2D eigenvalue weighted by Gasteiger charge is -2.32. The topological polar surface area (TPSA) is 80.1 Å². The number of hydrogen-bond donors (Lipinski definition) is 1. The summed E-state index contributed by atoms with van der Waals surface area (Å²) in [6.07, 6.45) is 10.9. The summed E-state index contributed by atoms with van der Waals surface area (Å²) in [5.74, 6) is 0.0686. The van der Waals surface area contributed by atoms with Crippen LogP contribution in [0, 0.1) is 5.92 Å². The van der Waals surface area contributed by atoms with Crippen molar-refractivity contribution in [2.75, 3.05) is 13.1 Å². The van der Waals surface area contributed by atoms with Crippen molar-refractivity contribution in [1.29, 1.82) is 0 Å². The zero-order valence-corrected chi connectivity index (χ0v) is 15.0. The number of aromatic nitrogens is 3. The van der Waals surface area contributed by atoms with Crippen molar-refractivity contribution in [3.8, 4) is 0 Å². The third kappa shape index (κ3) is 4.47. The molecule has 0 aromatic carbocycles. The van der Waals surface area contributed by atoms with Gasteiger partial charge in [0.15, 0.2) is 0 Å². The molecule has 0 saturated carbocycles. The monoisotopic (exact) mass is 355 g/mol. The fourth-order valence-corrected chi connectivity index (χ4v) is 3.27. The van der Waals surface area contributed by atoms with Crippen LogP contribution in [-0.4, -0.2) is 50.4 Å². The summed E-state index contributed by atoms with van der Waals surface area (Å²) in [5, 5.41) is 3.15. The molecular formula is C19H25N5O2. The van der Waals surface area contributed by atoms with Crippen LogP contribution in [0.1, 0.15) is 36.5 Å². The van der Waals surface area contributed by atoms with E-state index < -0.39 is 0 Å². The number of likely N-dealkylation sites (tertiary alicyclic amines) is 1. The number of nitrogens with one attached hydrogen (secondary N) is 1. The van der Waals surface area contributed by atoms with E-state index in [1.54, 1.807) is 37.1 Å². The van der Waals surface area contributed by atoms with E-state index in [1.807, 2.05) is 15.7 Å². The van der Waals surface area contributed by atoms with E-state index in [-0.39, 0.29) is 23.8 Å². The van der Waals surface area contributed by atoms with Gasteiger partial charge in [-0.05, 0) is 31.4 Å². The predicted octanol–water partition coefficient (Wildman–Crippen LogP) is 1.73. The second kappa shape index (κ2) is 8.60. The molecule has 1 unspecified atom stereocenters. The molecule has 1 aliphatic heterocycles. The minimum absolute atomic E-state index is 0.0119. The molecule has 3 heterocycles. The van der Waals surface area contributed by atoms with Crippen molar-refractivity contribution in [3.63, 3.8) is 0 Å². The summed E-state index contributed by atoms with van der Waals surface area (Å²) in [4.78, 5) is 34.9. The fourth-order valence-electron chi connectivity index (χ4n) is 3.27. The van der Waals surface area contributed by atoms with Crippen molar-refractivity contribution >= 4 is 11.8 Å². The van der Waals surface area contributed by atoms with Crippen LogP contribution in [0.15, 0.2) is 43.2 Å². The van der Waals surface area contributed by atoms with Gasteiger partial charge >= 0.3 is 0 Å². The van der Waals surface area contributed by atoms with E-state index in [0.29, 0.717) is 31.5 Å². The average molecular weight is 355 g/mol. The van der Waals surface area contributed by atoms with Gasteiger partial charge in [-0.15, -0.1) is 0 Å². The van der Waals surface area contributed by atoms with E-state index >= 15 is 0 Å². The lowest BCUT2D eigenvalue weighted by molar-refractivity contribution is -0.127. The average Bonchev–Trinajstić information content (AvgIpc) is 3.20. The molecule has 1 fully saturated rings. The fraction of sp³-hybridized carbons (Fsp3) is 0.474. The van der Waals surface area contributed by atoms with Gasteiger partial charge in [0.2, 0.25) is 5.91 Å². The van der Waals surface area contributed by atoms with Gasteiger partial charge in [-0.25, -0.2) is 4.98 Å². The van der Waals surface area contributed by atoms with Crippen LogP contribution in [0.5, 0.6) is 0 Å². The summed E-state index contributed by atoms with van der Waals surface area (Å²) in [6.45, 7) is 4.01. The van der Waals surface area contributed by atoms with Crippen LogP contribution in [0.2, 0.25) is 0 Å². The molecule has 26 heavy (non-hydrogen) atoms. The number of piperidine rings is 1. The second-order valence-corrected chi connectivity index (χ2v) is 6.68. The van der Waals surface area contributed by atoms with Crippen molar-refractivity contribution < 1.29 is 9.59 Å². The Bertz CT molecular complexity index is 709. The zero-order valence-electron chi connectivity index (χ0n) is 15.0. The molecule has 3 rings (SSSR count). The zero-order chi connectivity index (χ0) is 18.4. The van der Waals surface area contributed by atoms with Gasteiger partial charge in [-0.1, -0.05) is 6.92 Å². The lowest BCUT2D eigenvalue weighted by atomic mass is 9.95. The van der Waals surface area contributed by atoms with E-state index in [1.165, 1.54) is 0 Å².